The summed E-state index contributed by atoms with van der Waals surface area (Å²) >= 11 is 6.06. The number of nitrogens with zero attached hydrogens (tertiary/aromatic N) is 3. The number of aromatic nitrogens is 2. The second-order valence-corrected chi connectivity index (χ2v) is 7.40. The van der Waals surface area contributed by atoms with E-state index < -0.39 is 16.0 Å². The molecule has 0 aliphatic carbocycles. The van der Waals surface area contributed by atoms with Gasteiger partial charge in [-0.15, -0.1) is 0 Å². The van der Waals surface area contributed by atoms with Gasteiger partial charge in [0.25, 0.3) is 0 Å². The number of ether oxygens (including phenoxy) is 1. The van der Waals surface area contributed by atoms with Gasteiger partial charge in [0.15, 0.2) is 0 Å². The third kappa shape index (κ3) is 3.77. The molecule has 0 spiro atoms. The number of carbonyl (C=O) groups excluding carboxylic acids is 1. The summed E-state index contributed by atoms with van der Waals surface area (Å²) in [6, 6.07) is 4.03. The van der Waals surface area contributed by atoms with Crippen molar-refractivity contribution < 1.29 is 17.9 Å². The minimum atomic E-state index is -3.88. The highest BCUT2D eigenvalue weighted by atomic mass is 35.5. The molecule has 1 aromatic heterocycles. The third-order valence-corrected chi connectivity index (χ3v) is 5.84. The van der Waals surface area contributed by atoms with Gasteiger partial charge in [0.1, 0.15) is 4.90 Å². The molecule has 0 saturated carbocycles. The first kappa shape index (κ1) is 18.4. The first-order valence-electron chi connectivity index (χ1n) is 7.15. The van der Waals surface area contributed by atoms with E-state index in [2.05, 4.69) is 9.84 Å². The lowest BCUT2D eigenvalue weighted by Crippen LogP contribution is -2.30. The molecule has 9 heteroatoms. The lowest BCUT2D eigenvalue weighted by molar-refractivity contribution is 0.0600. The molecule has 0 fully saturated rings. The summed E-state index contributed by atoms with van der Waals surface area (Å²) in [4.78, 5) is 11.5. The van der Waals surface area contributed by atoms with Crippen LogP contribution in [-0.2, 0) is 28.4 Å². The van der Waals surface area contributed by atoms with Crippen molar-refractivity contribution in [2.75, 3.05) is 13.7 Å². The van der Waals surface area contributed by atoms with Crippen LogP contribution in [0.25, 0.3) is 0 Å². The van der Waals surface area contributed by atoms with Crippen molar-refractivity contribution in [2.24, 2.45) is 7.05 Å². The quantitative estimate of drug-likeness (QED) is 0.726. The van der Waals surface area contributed by atoms with E-state index >= 15 is 0 Å². The lowest BCUT2D eigenvalue weighted by Gasteiger charge is -2.20. The maximum atomic E-state index is 12.9. The molecular formula is C15H18ClN3O4S. The Morgan fingerprint density at radius 3 is 2.67 bits per heavy atom. The molecular weight excluding hydrogens is 354 g/mol. The fraction of sp³-hybridized carbons (Fsp3) is 0.333. The predicted molar refractivity (Wildman–Crippen MR) is 89.3 cm³/mol. The van der Waals surface area contributed by atoms with Crippen LogP contribution in [-0.4, -0.2) is 42.1 Å². The second kappa shape index (κ2) is 7.33. The zero-order chi connectivity index (χ0) is 17.9. The summed E-state index contributed by atoms with van der Waals surface area (Å²) in [6.07, 6.45) is 3.34. The Kier molecular flexibility index (Phi) is 5.63. The van der Waals surface area contributed by atoms with Gasteiger partial charge in [-0.25, -0.2) is 13.2 Å². The highest BCUT2D eigenvalue weighted by Crippen LogP contribution is 2.27. The van der Waals surface area contributed by atoms with Gasteiger partial charge in [0.05, 0.1) is 23.9 Å². The van der Waals surface area contributed by atoms with E-state index in [-0.39, 0.29) is 28.6 Å². The highest BCUT2D eigenvalue weighted by Gasteiger charge is 2.27. The van der Waals surface area contributed by atoms with Gasteiger partial charge in [-0.05, 0) is 18.2 Å². The molecule has 0 atom stereocenters. The van der Waals surface area contributed by atoms with Crippen LogP contribution in [0, 0.1) is 0 Å². The van der Waals surface area contributed by atoms with Crippen LogP contribution in [0.15, 0.2) is 35.5 Å². The first-order valence-corrected chi connectivity index (χ1v) is 8.97. The number of benzene rings is 1. The van der Waals surface area contributed by atoms with E-state index in [1.807, 2.05) is 0 Å². The summed E-state index contributed by atoms with van der Waals surface area (Å²) in [5.74, 6) is -0.626. The number of hydrogen-bond donors (Lipinski definition) is 0. The monoisotopic (exact) mass is 371 g/mol. The summed E-state index contributed by atoms with van der Waals surface area (Å²) < 4.78 is 33.3. The molecule has 2 aromatic rings. The zero-order valence-corrected chi connectivity index (χ0v) is 15.1. The molecule has 0 amide bonds. The average Bonchev–Trinajstić information content (AvgIpc) is 2.97. The van der Waals surface area contributed by atoms with Crippen LogP contribution >= 0.6 is 11.6 Å². The Morgan fingerprint density at radius 1 is 1.42 bits per heavy atom. The van der Waals surface area contributed by atoms with Gasteiger partial charge in [0.2, 0.25) is 10.0 Å². The maximum absolute atomic E-state index is 12.9. The van der Waals surface area contributed by atoms with Gasteiger partial charge in [-0.2, -0.15) is 9.40 Å². The van der Waals surface area contributed by atoms with Crippen molar-refractivity contribution in [3.05, 3.63) is 46.7 Å². The van der Waals surface area contributed by atoms with Crippen LogP contribution in [0.5, 0.6) is 0 Å². The Bertz CT molecular complexity index is 848. The number of esters is 1. The molecule has 0 radical (unpaired) electrons. The smallest absolute Gasteiger partial charge is 0.337 e. The fourth-order valence-electron chi connectivity index (χ4n) is 2.21. The number of halogens is 1. The molecule has 0 aliphatic heterocycles. The summed E-state index contributed by atoms with van der Waals surface area (Å²) in [5.41, 5.74) is 0.876. The van der Waals surface area contributed by atoms with Gasteiger partial charge < -0.3 is 4.74 Å². The van der Waals surface area contributed by atoms with Crippen LogP contribution in [0.2, 0.25) is 5.02 Å². The third-order valence-electron chi connectivity index (χ3n) is 3.44. The SMILES string of the molecule is CCN(Cc1cnn(C)c1)S(=O)(=O)c1cc(C(=O)OC)ccc1Cl. The summed E-state index contributed by atoms with van der Waals surface area (Å²) in [5, 5.41) is 4.08. The summed E-state index contributed by atoms with van der Waals surface area (Å²) in [6.45, 7) is 2.13. The molecule has 0 aliphatic rings. The molecule has 2 rings (SSSR count). The number of carbonyl (C=O) groups is 1. The topological polar surface area (TPSA) is 81.5 Å². The van der Waals surface area contributed by atoms with Gasteiger partial charge in [-0.1, -0.05) is 18.5 Å². The molecule has 0 bridgehead atoms. The minimum Gasteiger partial charge on any atom is -0.465 e. The minimum absolute atomic E-state index is 0.0484. The lowest BCUT2D eigenvalue weighted by atomic mass is 10.2. The van der Waals surface area contributed by atoms with Crippen molar-refractivity contribution in [1.29, 1.82) is 0 Å². The number of methoxy groups -OCH3 is 1. The number of sulfonamides is 1. The number of hydrogen-bond acceptors (Lipinski definition) is 5. The second-order valence-electron chi connectivity index (χ2n) is 5.09. The molecule has 1 heterocycles. The van der Waals surface area contributed by atoms with Gasteiger partial charge >= 0.3 is 5.97 Å². The van der Waals surface area contributed by atoms with Crippen LogP contribution in [0.1, 0.15) is 22.8 Å². The fourth-order valence-corrected chi connectivity index (χ4v) is 4.15. The van der Waals surface area contributed by atoms with E-state index in [0.717, 1.165) is 5.56 Å². The normalized spacial score (nSPS) is 11.7. The van der Waals surface area contributed by atoms with Gasteiger partial charge in [-0.3, -0.25) is 4.68 Å². The zero-order valence-electron chi connectivity index (χ0n) is 13.6. The van der Waals surface area contributed by atoms with Crippen molar-refractivity contribution in [2.45, 2.75) is 18.4 Å². The van der Waals surface area contributed by atoms with Crippen molar-refractivity contribution in [3.63, 3.8) is 0 Å². The number of aryl methyl sites for hydroxylation is 1. The molecule has 0 unspecified atom stereocenters. The van der Waals surface area contributed by atoms with Crippen molar-refractivity contribution >= 4 is 27.6 Å². The maximum Gasteiger partial charge on any atom is 0.337 e. The number of rotatable bonds is 6. The first-order chi connectivity index (χ1) is 11.3. The van der Waals surface area contributed by atoms with Crippen molar-refractivity contribution in [3.8, 4) is 0 Å². The van der Waals surface area contributed by atoms with Gasteiger partial charge in [0, 0.05) is 31.9 Å². The van der Waals surface area contributed by atoms with E-state index in [9.17, 15) is 13.2 Å². The van der Waals surface area contributed by atoms with E-state index in [1.54, 1.807) is 31.0 Å². The van der Waals surface area contributed by atoms with Crippen LogP contribution < -0.4 is 0 Å². The van der Waals surface area contributed by atoms with E-state index in [4.69, 9.17) is 11.6 Å². The standard InChI is InChI=1S/C15H18ClN3O4S/c1-4-19(10-11-8-17-18(2)9-11)24(21,22)14-7-12(15(20)23-3)5-6-13(14)16/h5-9H,4,10H2,1-3H3. The average molecular weight is 372 g/mol. The molecule has 1 aromatic carbocycles. The Hall–Kier alpha value is -1.90. The molecule has 130 valence electrons. The van der Waals surface area contributed by atoms with Crippen molar-refractivity contribution in [1.82, 2.24) is 14.1 Å². The summed E-state index contributed by atoms with van der Waals surface area (Å²) in [7, 11) is -0.895. The largest absolute Gasteiger partial charge is 0.465 e. The Morgan fingerprint density at radius 2 is 2.12 bits per heavy atom. The molecule has 0 saturated heterocycles. The van der Waals surface area contributed by atoms with E-state index in [0.29, 0.717) is 0 Å². The van der Waals surface area contributed by atoms with E-state index in [1.165, 1.54) is 29.6 Å². The van der Waals surface area contributed by atoms with Crippen LogP contribution in [0.3, 0.4) is 0 Å². The molecule has 24 heavy (non-hydrogen) atoms. The molecule has 7 nitrogen and oxygen atoms in total. The van der Waals surface area contributed by atoms with Crippen LogP contribution in [0.4, 0.5) is 0 Å². The Labute approximate surface area is 145 Å². The predicted octanol–water partition coefficient (Wildman–Crippen LogP) is 2.07. The Balaban J connectivity index is 2.41. The molecule has 0 N–H and O–H groups in total. The highest BCUT2D eigenvalue weighted by molar-refractivity contribution is 7.89.